The lowest BCUT2D eigenvalue weighted by Crippen LogP contribution is -2.03. The molecule has 0 aromatic heterocycles. The maximum Gasteiger partial charge on any atom is 0.213 e. The van der Waals surface area contributed by atoms with Gasteiger partial charge in [-0.15, -0.1) is 12.3 Å². The summed E-state index contributed by atoms with van der Waals surface area (Å²) in [5, 5.41) is 7.88. The van der Waals surface area contributed by atoms with Crippen molar-refractivity contribution in [3.8, 4) is 12.3 Å². The summed E-state index contributed by atoms with van der Waals surface area (Å²) >= 11 is 0. The van der Waals surface area contributed by atoms with Gasteiger partial charge in [0.05, 0.1) is 0 Å². The fourth-order valence-electron chi connectivity index (χ4n) is 1.49. The molecular weight excluding hydrogens is 200 g/mol. The van der Waals surface area contributed by atoms with E-state index in [0.29, 0.717) is 18.4 Å². The minimum Gasteiger partial charge on any atom is -0.294 e. The predicted octanol–water partition coefficient (Wildman–Crippen LogP) is 2.92. The van der Waals surface area contributed by atoms with Crippen molar-refractivity contribution >= 4 is 5.78 Å². The number of hydrogen-bond donors (Lipinski definition) is 0. The second-order valence-electron chi connectivity index (χ2n) is 3.93. The molecule has 0 saturated carbocycles. The molecule has 0 unspecified atom stereocenters. The van der Waals surface area contributed by atoms with E-state index in [1.165, 1.54) is 0 Å². The van der Waals surface area contributed by atoms with E-state index < -0.39 is 0 Å². The van der Waals surface area contributed by atoms with Crippen molar-refractivity contribution in [3.63, 3.8) is 0 Å². The number of Topliss-reactive ketones (excluding diaryl/α,β-unsaturated/α-hetero) is 1. The maximum atomic E-state index is 11.6. The van der Waals surface area contributed by atoms with Crippen LogP contribution in [0.15, 0.2) is 34.5 Å². The molecular formula is C13H12N2O. The molecule has 1 aliphatic rings. The Hall–Kier alpha value is -1.95. The van der Waals surface area contributed by atoms with Crippen molar-refractivity contribution in [3.05, 3.63) is 35.4 Å². The summed E-state index contributed by atoms with van der Waals surface area (Å²) in [7, 11) is 0. The van der Waals surface area contributed by atoms with Crippen LogP contribution >= 0.6 is 0 Å². The van der Waals surface area contributed by atoms with Crippen molar-refractivity contribution in [1.82, 2.24) is 0 Å². The summed E-state index contributed by atoms with van der Waals surface area (Å²) in [4.78, 5) is 11.6. The molecule has 0 amide bonds. The van der Waals surface area contributed by atoms with Crippen molar-refractivity contribution in [2.24, 2.45) is 10.2 Å². The molecule has 3 nitrogen and oxygen atoms in total. The van der Waals surface area contributed by atoms with Crippen molar-refractivity contribution in [2.75, 3.05) is 0 Å². The van der Waals surface area contributed by atoms with Crippen LogP contribution in [0.5, 0.6) is 0 Å². The van der Waals surface area contributed by atoms with Gasteiger partial charge in [-0.25, -0.2) is 0 Å². The van der Waals surface area contributed by atoms with Crippen LogP contribution in [0.1, 0.15) is 35.7 Å². The molecule has 1 aromatic carbocycles. The average Bonchev–Trinajstić information content (AvgIpc) is 3.06. The van der Waals surface area contributed by atoms with Gasteiger partial charge in [-0.2, -0.15) is 10.2 Å². The van der Waals surface area contributed by atoms with Crippen LogP contribution in [0.2, 0.25) is 0 Å². The van der Waals surface area contributed by atoms with Gasteiger partial charge in [-0.1, -0.05) is 24.3 Å². The van der Waals surface area contributed by atoms with Crippen LogP contribution in [-0.2, 0) is 5.66 Å². The Morgan fingerprint density at radius 2 is 2.00 bits per heavy atom. The highest BCUT2D eigenvalue weighted by Crippen LogP contribution is 2.38. The highest BCUT2D eigenvalue weighted by atomic mass is 16.1. The van der Waals surface area contributed by atoms with Crippen molar-refractivity contribution in [2.45, 2.75) is 25.4 Å². The first-order valence-corrected chi connectivity index (χ1v) is 5.17. The summed E-state index contributed by atoms with van der Waals surface area (Å²) in [6.07, 6.45) is 6.01. The smallest absolute Gasteiger partial charge is 0.213 e. The minimum atomic E-state index is -0.375. The van der Waals surface area contributed by atoms with E-state index in [0.717, 1.165) is 5.56 Å². The number of terminal acetylenes is 1. The van der Waals surface area contributed by atoms with E-state index in [4.69, 9.17) is 6.42 Å². The SMILES string of the molecule is C#CCCC(=O)c1ccc(C2(C)N=N2)cc1. The molecule has 0 aliphatic carbocycles. The van der Waals surface area contributed by atoms with Gasteiger partial charge in [0.1, 0.15) is 0 Å². The molecule has 1 aromatic rings. The number of nitrogens with zero attached hydrogens (tertiary/aromatic N) is 2. The van der Waals surface area contributed by atoms with Crippen LogP contribution in [0, 0.1) is 12.3 Å². The number of ketones is 1. The molecule has 2 rings (SSSR count). The Labute approximate surface area is 94.6 Å². The zero-order chi connectivity index (χ0) is 11.6. The Morgan fingerprint density at radius 3 is 2.50 bits per heavy atom. The first-order valence-electron chi connectivity index (χ1n) is 5.17. The normalized spacial score (nSPS) is 15.5. The summed E-state index contributed by atoms with van der Waals surface area (Å²) in [6, 6.07) is 7.40. The number of carbonyl (C=O) groups is 1. The highest BCUT2D eigenvalue weighted by Gasteiger charge is 2.35. The van der Waals surface area contributed by atoms with Gasteiger partial charge in [-0.3, -0.25) is 4.79 Å². The lowest BCUT2D eigenvalue weighted by Gasteiger charge is -2.05. The highest BCUT2D eigenvalue weighted by molar-refractivity contribution is 5.96. The van der Waals surface area contributed by atoms with Gasteiger partial charge in [-0.05, 0) is 6.92 Å². The van der Waals surface area contributed by atoms with Crippen LogP contribution < -0.4 is 0 Å². The molecule has 0 radical (unpaired) electrons. The van der Waals surface area contributed by atoms with E-state index in [2.05, 4.69) is 16.1 Å². The molecule has 0 saturated heterocycles. The van der Waals surface area contributed by atoms with Crippen LogP contribution in [0.4, 0.5) is 0 Å². The molecule has 80 valence electrons. The van der Waals surface area contributed by atoms with E-state index in [9.17, 15) is 4.79 Å². The topological polar surface area (TPSA) is 41.8 Å². The van der Waals surface area contributed by atoms with Crippen LogP contribution in [0.3, 0.4) is 0 Å². The Bertz CT molecular complexity index is 474. The number of carbonyl (C=O) groups excluding carboxylic acids is 1. The monoisotopic (exact) mass is 212 g/mol. The third-order valence-electron chi connectivity index (χ3n) is 2.65. The fourth-order valence-corrected chi connectivity index (χ4v) is 1.49. The molecule has 16 heavy (non-hydrogen) atoms. The van der Waals surface area contributed by atoms with Crippen molar-refractivity contribution < 1.29 is 4.79 Å². The van der Waals surface area contributed by atoms with Gasteiger partial charge in [0.15, 0.2) is 5.78 Å². The van der Waals surface area contributed by atoms with E-state index in [1.807, 2.05) is 31.2 Å². The van der Waals surface area contributed by atoms with Gasteiger partial charge in [0.2, 0.25) is 5.66 Å². The van der Waals surface area contributed by atoms with Crippen LogP contribution in [-0.4, -0.2) is 5.78 Å². The van der Waals surface area contributed by atoms with Crippen molar-refractivity contribution in [1.29, 1.82) is 0 Å². The predicted molar refractivity (Wildman–Crippen MR) is 61.0 cm³/mol. The van der Waals surface area contributed by atoms with Crippen LogP contribution in [0.25, 0.3) is 0 Å². The molecule has 3 heteroatoms. The van der Waals surface area contributed by atoms with Gasteiger partial charge in [0, 0.05) is 24.0 Å². The minimum absolute atomic E-state index is 0.0827. The third-order valence-corrected chi connectivity index (χ3v) is 2.65. The molecule has 0 bridgehead atoms. The first-order chi connectivity index (χ1) is 7.65. The third kappa shape index (κ3) is 2.01. The van der Waals surface area contributed by atoms with E-state index in [-0.39, 0.29) is 11.4 Å². The Morgan fingerprint density at radius 1 is 1.38 bits per heavy atom. The quantitative estimate of drug-likeness (QED) is 0.559. The Balaban J connectivity index is 2.08. The zero-order valence-corrected chi connectivity index (χ0v) is 9.10. The second-order valence-corrected chi connectivity index (χ2v) is 3.93. The molecule has 1 heterocycles. The van der Waals surface area contributed by atoms with E-state index >= 15 is 0 Å². The number of hydrogen-bond acceptors (Lipinski definition) is 3. The number of rotatable bonds is 4. The summed E-state index contributed by atoms with van der Waals surface area (Å²) in [5.74, 6) is 2.55. The Kier molecular flexibility index (Phi) is 2.57. The number of benzene rings is 1. The summed E-state index contributed by atoms with van der Waals surface area (Å²) in [5.41, 5.74) is 1.34. The van der Waals surface area contributed by atoms with Gasteiger partial charge in [0.25, 0.3) is 0 Å². The second kappa shape index (κ2) is 3.90. The average molecular weight is 212 g/mol. The molecule has 0 fully saturated rings. The van der Waals surface area contributed by atoms with E-state index in [1.54, 1.807) is 0 Å². The largest absolute Gasteiger partial charge is 0.294 e. The zero-order valence-electron chi connectivity index (χ0n) is 9.10. The molecule has 0 atom stereocenters. The standard InChI is InChI=1S/C13H12N2O/c1-3-4-5-12(16)10-6-8-11(9-7-10)13(2)14-15-13/h1,6-9H,4-5H2,2H3. The first kappa shape index (κ1) is 10.6. The van der Waals surface area contributed by atoms with Gasteiger partial charge < -0.3 is 0 Å². The summed E-state index contributed by atoms with van der Waals surface area (Å²) in [6.45, 7) is 1.93. The maximum absolute atomic E-state index is 11.6. The lowest BCUT2D eigenvalue weighted by atomic mass is 10.0. The lowest BCUT2D eigenvalue weighted by molar-refractivity contribution is 0.0984. The fraction of sp³-hybridized carbons (Fsp3) is 0.308. The molecule has 1 aliphatic heterocycles. The summed E-state index contributed by atoms with van der Waals surface area (Å²) < 4.78 is 0. The van der Waals surface area contributed by atoms with Gasteiger partial charge >= 0.3 is 0 Å². The molecule has 0 N–H and O–H groups in total. The molecule has 0 spiro atoms.